The van der Waals surface area contributed by atoms with Crippen molar-refractivity contribution in [3.8, 4) is 0 Å². The summed E-state index contributed by atoms with van der Waals surface area (Å²) >= 11 is 0. The Bertz CT molecular complexity index is 170. The van der Waals surface area contributed by atoms with E-state index in [0.29, 0.717) is 6.61 Å². The van der Waals surface area contributed by atoms with Gasteiger partial charge in [0.05, 0.1) is 19.2 Å². The van der Waals surface area contributed by atoms with Crippen LogP contribution in [0.1, 0.15) is 0 Å². The molecule has 0 aliphatic carbocycles. The molecule has 0 aromatic carbocycles. The number of rotatable bonds is 1. The Balaban J connectivity index is 2.15. The van der Waals surface area contributed by atoms with Crippen molar-refractivity contribution in [2.24, 2.45) is 0 Å². The zero-order valence-electron chi connectivity index (χ0n) is 6.36. The molecule has 0 bridgehead atoms. The summed E-state index contributed by atoms with van der Waals surface area (Å²) in [6.45, 7) is 0.422. The molecule has 4 nitrogen and oxygen atoms in total. The monoisotopic (exact) mass is 158 g/mol. The molecule has 0 aromatic heterocycles. The molecule has 2 heterocycles. The van der Waals surface area contributed by atoms with Crippen molar-refractivity contribution in [1.29, 1.82) is 0 Å². The number of aliphatic hydroxyl groups is 2. The fourth-order valence-electron chi connectivity index (χ4n) is 1.67. The second kappa shape index (κ2) is 2.20. The molecular formula is C6H11BO4. The van der Waals surface area contributed by atoms with E-state index < -0.39 is 11.7 Å². The lowest BCUT2D eigenvalue weighted by molar-refractivity contribution is 0.0173. The average Bonchev–Trinajstić information content (AvgIpc) is 2.74. The molecule has 4 atom stereocenters. The summed E-state index contributed by atoms with van der Waals surface area (Å²) in [7, 11) is 1.78. The zero-order chi connectivity index (χ0) is 8.06. The average molecular weight is 158 g/mol. The number of epoxide rings is 1. The van der Waals surface area contributed by atoms with Gasteiger partial charge in [-0.3, -0.25) is 0 Å². The first-order chi connectivity index (χ1) is 5.20. The van der Waals surface area contributed by atoms with Gasteiger partial charge in [0.1, 0.15) is 25.7 Å². The highest BCUT2D eigenvalue weighted by molar-refractivity contribution is 6.11. The lowest BCUT2D eigenvalue weighted by Crippen LogP contribution is -2.38. The smallest absolute Gasteiger partial charge is 0.147 e. The van der Waals surface area contributed by atoms with E-state index in [4.69, 9.17) is 14.6 Å². The molecule has 2 fully saturated rings. The van der Waals surface area contributed by atoms with E-state index in [9.17, 15) is 5.11 Å². The van der Waals surface area contributed by atoms with Crippen molar-refractivity contribution in [1.82, 2.24) is 0 Å². The summed E-state index contributed by atoms with van der Waals surface area (Å²) in [5, 5.41) is 18.4. The van der Waals surface area contributed by atoms with Crippen LogP contribution in [0.3, 0.4) is 0 Å². The molecule has 2 saturated heterocycles. The van der Waals surface area contributed by atoms with Crippen molar-refractivity contribution < 1.29 is 19.7 Å². The Hall–Kier alpha value is -0.0951. The highest BCUT2D eigenvalue weighted by atomic mass is 16.7. The molecule has 2 N–H and O–H groups in total. The third-order valence-corrected chi connectivity index (χ3v) is 2.51. The van der Waals surface area contributed by atoms with Crippen LogP contribution in [0.25, 0.3) is 0 Å². The van der Waals surface area contributed by atoms with Crippen LogP contribution in [0.15, 0.2) is 0 Å². The first-order valence-corrected chi connectivity index (χ1v) is 3.79. The van der Waals surface area contributed by atoms with Crippen molar-refractivity contribution in [3.05, 3.63) is 0 Å². The topological polar surface area (TPSA) is 62.2 Å². The predicted molar refractivity (Wildman–Crippen MR) is 39.0 cm³/mol. The molecule has 0 aromatic rings. The van der Waals surface area contributed by atoms with Gasteiger partial charge in [-0.05, 0) is 0 Å². The molecule has 2 aliphatic heterocycles. The van der Waals surface area contributed by atoms with E-state index in [1.54, 1.807) is 7.85 Å². The minimum atomic E-state index is -0.584. The van der Waals surface area contributed by atoms with Gasteiger partial charge >= 0.3 is 0 Å². The summed E-state index contributed by atoms with van der Waals surface area (Å²) in [6, 6.07) is -0.227. The quantitative estimate of drug-likeness (QED) is 0.326. The van der Waals surface area contributed by atoms with Crippen LogP contribution in [0, 0.1) is 0 Å². The van der Waals surface area contributed by atoms with Crippen LogP contribution in [-0.2, 0) is 9.47 Å². The van der Waals surface area contributed by atoms with Gasteiger partial charge in [-0.1, -0.05) is 0 Å². The first-order valence-electron chi connectivity index (χ1n) is 3.79. The molecule has 0 unspecified atom stereocenters. The minimum absolute atomic E-state index is 0.0819. The Morgan fingerprint density at radius 1 is 1.64 bits per heavy atom. The Labute approximate surface area is 65.5 Å². The van der Waals surface area contributed by atoms with Gasteiger partial charge in [0.2, 0.25) is 0 Å². The lowest BCUT2D eigenvalue weighted by Gasteiger charge is -2.12. The predicted octanol–water partition coefficient (Wildman–Crippen LogP) is -2.53. The van der Waals surface area contributed by atoms with Crippen molar-refractivity contribution in [2.45, 2.75) is 23.8 Å². The van der Waals surface area contributed by atoms with Gasteiger partial charge in [0.15, 0.2) is 0 Å². The maximum atomic E-state index is 9.53. The summed E-state index contributed by atoms with van der Waals surface area (Å²) in [6.07, 6.45) is -0.924. The standard InChI is InChI=1S/C6H11BO4/c7-5-4(9)6(2-10-6)3(1-8)11-5/h3-5,8-9H,1-2,7H2/t3-,4+,5-,6+/m1/s1. The number of ether oxygens (including phenoxy) is 2. The lowest BCUT2D eigenvalue weighted by atomic mass is 9.88. The summed E-state index contributed by atoms with van der Waals surface area (Å²) < 4.78 is 10.4. The van der Waals surface area contributed by atoms with Crippen LogP contribution in [0.4, 0.5) is 0 Å². The van der Waals surface area contributed by atoms with Crippen LogP contribution >= 0.6 is 0 Å². The molecule has 62 valence electrons. The van der Waals surface area contributed by atoms with Gasteiger partial charge in [-0.25, -0.2) is 0 Å². The Morgan fingerprint density at radius 3 is 2.64 bits per heavy atom. The third kappa shape index (κ3) is 0.855. The van der Waals surface area contributed by atoms with Crippen LogP contribution in [0.5, 0.6) is 0 Å². The molecule has 2 rings (SSSR count). The van der Waals surface area contributed by atoms with E-state index in [-0.39, 0.29) is 18.7 Å². The fraction of sp³-hybridized carbons (Fsp3) is 1.00. The summed E-state index contributed by atoms with van der Waals surface area (Å²) in [4.78, 5) is 0. The van der Waals surface area contributed by atoms with Crippen LogP contribution in [0.2, 0.25) is 0 Å². The maximum Gasteiger partial charge on any atom is 0.147 e. The molecule has 2 aliphatic rings. The maximum absolute atomic E-state index is 9.53. The van der Waals surface area contributed by atoms with Crippen molar-refractivity contribution >= 4 is 7.85 Å². The SMILES string of the molecule is B[C@@H]1O[C@H](CO)[C@@]2(CO2)[C@H]1O. The molecule has 11 heavy (non-hydrogen) atoms. The van der Waals surface area contributed by atoms with E-state index in [1.807, 2.05) is 0 Å². The normalized spacial score (nSPS) is 55.3. The summed E-state index contributed by atoms with van der Waals surface area (Å²) in [5.41, 5.74) is -0.575. The summed E-state index contributed by atoms with van der Waals surface area (Å²) in [5.74, 6) is 0. The Morgan fingerprint density at radius 2 is 2.27 bits per heavy atom. The van der Waals surface area contributed by atoms with E-state index in [2.05, 4.69) is 0 Å². The van der Waals surface area contributed by atoms with Gasteiger partial charge in [-0.15, -0.1) is 0 Å². The molecule has 0 amide bonds. The minimum Gasteiger partial charge on any atom is -0.394 e. The van der Waals surface area contributed by atoms with Crippen molar-refractivity contribution in [3.63, 3.8) is 0 Å². The van der Waals surface area contributed by atoms with Gasteiger partial charge in [-0.2, -0.15) is 0 Å². The highest BCUT2D eigenvalue weighted by Gasteiger charge is 2.64. The number of hydrogen-bond acceptors (Lipinski definition) is 4. The highest BCUT2D eigenvalue weighted by Crippen LogP contribution is 2.43. The largest absolute Gasteiger partial charge is 0.394 e. The number of hydrogen-bond donors (Lipinski definition) is 2. The van der Waals surface area contributed by atoms with Crippen LogP contribution < -0.4 is 0 Å². The third-order valence-electron chi connectivity index (χ3n) is 2.51. The van der Waals surface area contributed by atoms with E-state index >= 15 is 0 Å². The van der Waals surface area contributed by atoms with E-state index in [1.165, 1.54) is 0 Å². The second-order valence-corrected chi connectivity index (χ2v) is 3.20. The van der Waals surface area contributed by atoms with Crippen LogP contribution in [-0.4, -0.2) is 55.1 Å². The zero-order valence-corrected chi connectivity index (χ0v) is 6.36. The first kappa shape index (κ1) is 7.55. The van der Waals surface area contributed by atoms with Gasteiger partial charge in [0.25, 0.3) is 0 Å². The van der Waals surface area contributed by atoms with Gasteiger partial charge in [0, 0.05) is 0 Å². The molecule has 0 radical (unpaired) electrons. The fourth-order valence-corrected chi connectivity index (χ4v) is 1.67. The van der Waals surface area contributed by atoms with Gasteiger partial charge < -0.3 is 19.7 Å². The Kier molecular flexibility index (Phi) is 1.51. The molecule has 0 saturated carbocycles. The molecular weight excluding hydrogens is 147 g/mol. The number of aliphatic hydroxyl groups excluding tert-OH is 2. The second-order valence-electron chi connectivity index (χ2n) is 3.20. The van der Waals surface area contributed by atoms with E-state index in [0.717, 1.165) is 0 Å². The molecule has 1 spiro atoms. The molecule has 5 heteroatoms. The van der Waals surface area contributed by atoms with Crippen molar-refractivity contribution in [2.75, 3.05) is 13.2 Å².